The molecule has 5 aromatic rings. The summed E-state index contributed by atoms with van der Waals surface area (Å²) < 4.78 is 38.0. The summed E-state index contributed by atoms with van der Waals surface area (Å²) in [5.41, 5.74) is 8.42. The van der Waals surface area contributed by atoms with Crippen molar-refractivity contribution in [3.05, 3.63) is 58.5 Å². The second kappa shape index (κ2) is 10.8. The van der Waals surface area contributed by atoms with Crippen LogP contribution in [0.1, 0.15) is 35.7 Å². The van der Waals surface area contributed by atoms with Gasteiger partial charge in [-0.2, -0.15) is 20.4 Å². The van der Waals surface area contributed by atoms with Crippen LogP contribution in [0.15, 0.2) is 24.5 Å². The molecule has 0 spiro atoms. The van der Waals surface area contributed by atoms with E-state index in [2.05, 4.69) is 43.3 Å². The van der Waals surface area contributed by atoms with Gasteiger partial charge in [-0.3, -0.25) is 4.98 Å². The number of hydrogen-bond donors (Lipinski definition) is 2. The van der Waals surface area contributed by atoms with Crippen LogP contribution in [0.5, 0.6) is 0 Å². The van der Waals surface area contributed by atoms with Gasteiger partial charge in [0.1, 0.15) is 22.4 Å². The number of nitrogens with one attached hydrogen (secondary N) is 1. The molecule has 4 aromatic heterocycles. The van der Waals surface area contributed by atoms with Crippen LogP contribution in [0.4, 0.5) is 25.5 Å². The second-order valence-electron chi connectivity index (χ2n) is 11.2. The first-order valence-electron chi connectivity index (χ1n) is 14.1. The Kier molecular flexibility index (Phi) is 6.95. The van der Waals surface area contributed by atoms with Crippen LogP contribution in [-0.4, -0.2) is 62.8 Å². The number of ether oxygens (including phenoxy) is 1. The molecule has 6 heterocycles. The van der Waals surface area contributed by atoms with Crippen molar-refractivity contribution >= 4 is 49.1 Å². The predicted molar refractivity (Wildman–Crippen MR) is 164 cm³/mol. The van der Waals surface area contributed by atoms with Crippen LogP contribution in [0.2, 0.25) is 0 Å². The minimum Gasteiger partial charge on any atom is -0.389 e. The summed E-state index contributed by atoms with van der Waals surface area (Å²) in [7, 11) is 4.08. The smallest absolute Gasteiger partial charge is 0.228 e. The lowest BCUT2D eigenvalue weighted by atomic mass is 9.93. The number of nitrogens with two attached hydrogens (primary N) is 1. The van der Waals surface area contributed by atoms with Crippen molar-refractivity contribution < 1.29 is 13.5 Å². The largest absolute Gasteiger partial charge is 0.389 e. The first-order valence-corrected chi connectivity index (χ1v) is 14.9. The van der Waals surface area contributed by atoms with E-state index in [1.165, 1.54) is 0 Å². The van der Waals surface area contributed by atoms with E-state index >= 15 is 4.39 Å². The number of thiophene rings is 1. The van der Waals surface area contributed by atoms with Crippen molar-refractivity contribution in [2.24, 2.45) is 0 Å². The predicted octanol–water partition coefficient (Wildman–Crippen LogP) is 4.60. The number of rotatable bonds is 6. The summed E-state index contributed by atoms with van der Waals surface area (Å²) in [6, 6.07) is 6.02. The maximum atomic E-state index is 17.1. The molecule has 2 atom stereocenters. The van der Waals surface area contributed by atoms with E-state index in [0.717, 1.165) is 24.0 Å². The number of hydrogen-bond acceptors (Lipinski definition) is 12. The summed E-state index contributed by atoms with van der Waals surface area (Å²) in [5, 5.41) is 22.2. The fourth-order valence-corrected chi connectivity index (χ4v) is 7.33. The third-order valence-corrected chi connectivity index (χ3v) is 9.56. The monoisotopic (exact) mass is 614 g/mol. The minimum atomic E-state index is -0.652. The Morgan fingerprint density at radius 1 is 1.23 bits per heavy atom. The highest BCUT2D eigenvalue weighted by atomic mass is 32.1. The molecule has 14 heteroatoms. The molecular formula is C30H28F2N10OS. The normalized spacial score (nSPS) is 18.0. The summed E-state index contributed by atoms with van der Waals surface area (Å²) in [6.07, 6.45) is 3.53. The summed E-state index contributed by atoms with van der Waals surface area (Å²) in [6.45, 7) is 3.39. The lowest BCUT2D eigenvalue weighted by Crippen LogP contribution is -2.40. The average molecular weight is 615 g/mol. The first-order chi connectivity index (χ1) is 21.3. The third kappa shape index (κ3) is 4.38. The molecule has 7 rings (SSSR count). The number of halogens is 2. The van der Waals surface area contributed by atoms with Crippen LogP contribution in [-0.2, 0) is 24.5 Å². The van der Waals surface area contributed by atoms with E-state index in [0.29, 0.717) is 47.1 Å². The zero-order valence-electron chi connectivity index (χ0n) is 24.2. The van der Waals surface area contributed by atoms with Gasteiger partial charge in [-0.1, -0.05) is 0 Å². The first kappa shape index (κ1) is 28.2. The van der Waals surface area contributed by atoms with Gasteiger partial charge >= 0.3 is 0 Å². The van der Waals surface area contributed by atoms with Crippen molar-refractivity contribution in [1.82, 2.24) is 30.0 Å². The third-order valence-electron chi connectivity index (χ3n) is 8.53. The number of anilines is 3. The molecule has 0 saturated carbocycles. The number of nitriles is 1. The Hall–Kier alpha value is -4.58. The molecule has 0 amide bonds. The Morgan fingerprint density at radius 3 is 2.77 bits per heavy atom. The zero-order chi connectivity index (χ0) is 30.7. The molecule has 3 N–H and O–H groups in total. The van der Waals surface area contributed by atoms with E-state index in [9.17, 15) is 9.65 Å². The van der Waals surface area contributed by atoms with Crippen molar-refractivity contribution in [2.45, 2.75) is 45.2 Å². The van der Waals surface area contributed by atoms with Gasteiger partial charge in [0.15, 0.2) is 11.6 Å². The fraction of sp³-hybridized carbons (Fsp3) is 0.333. The molecule has 2 aliphatic rings. The molecule has 0 aliphatic carbocycles. The molecule has 11 nitrogen and oxygen atoms in total. The number of aromatic nitrogens is 5. The number of pyridine rings is 1. The van der Waals surface area contributed by atoms with E-state index in [4.69, 9.17) is 20.4 Å². The fourth-order valence-electron chi connectivity index (χ4n) is 6.41. The molecule has 0 bridgehead atoms. The van der Waals surface area contributed by atoms with Gasteiger partial charge in [-0.05, 0) is 50.7 Å². The topological polar surface area (TPSA) is 142 Å². The Balaban J connectivity index is 1.49. The summed E-state index contributed by atoms with van der Waals surface area (Å²) in [4.78, 5) is 18.4. The Morgan fingerprint density at radius 2 is 2.05 bits per heavy atom. The molecule has 0 unspecified atom stereocenters. The van der Waals surface area contributed by atoms with Crippen molar-refractivity contribution in [3.8, 4) is 17.3 Å². The molecule has 0 radical (unpaired) electrons. The van der Waals surface area contributed by atoms with Gasteiger partial charge in [0.05, 0.1) is 53.0 Å². The van der Waals surface area contributed by atoms with E-state index in [1.807, 2.05) is 20.2 Å². The Bertz CT molecular complexity index is 1980. The maximum Gasteiger partial charge on any atom is 0.228 e. The van der Waals surface area contributed by atoms with E-state index in [-0.39, 0.29) is 62.7 Å². The van der Waals surface area contributed by atoms with Gasteiger partial charge in [-0.15, -0.1) is 11.3 Å². The molecular weight excluding hydrogens is 586 g/mol. The standard InChI is InChI=1S/C30H28F2N10OS/c1-14-20(41(2)3)6-8-42(14)30-38-26-23(29(39-30)36-10-15-5-4-7-37-40-15)18-13-43-12-17(18)21(24(26)32)25-22-16(9-33)28(34)44-27(22)19(31)11-35-25/h4-5,7,11,14,20H,6,8,10,12-13,34H2,1-3H3,(H,36,38,39)/t14-,20-/m0/s1. The average Bonchev–Trinajstić information content (AvgIpc) is 3.74. The molecule has 1 saturated heterocycles. The molecule has 1 fully saturated rings. The van der Waals surface area contributed by atoms with E-state index in [1.54, 1.807) is 12.3 Å². The number of likely N-dealkylation sites (N-methyl/N-ethyl adjacent to an activating group) is 1. The number of benzene rings is 1. The van der Waals surface area contributed by atoms with Gasteiger partial charge in [-0.25, -0.2) is 13.8 Å². The summed E-state index contributed by atoms with van der Waals surface area (Å²) >= 11 is 0.940. The summed E-state index contributed by atoms with van der Waals surface area (Å²) in [5.74, 6) is -0.456. The van der Waals surface area contributed by atoms with Crippen LogP contribution in [0, 0.1) is 23.0 Å². The van der Waals surface area contributed by atoms with Gasteiger partial charge in [0, 0.05) is 35.8 Å². The van der Waals surface area contributed by atoms with Crippen molar-refractivity contribution in [2.75, 3.05) is 36.6 Å². The van der Waals surface area contributed by atoms with Gasteiger partial charge < -0.3 is 25.6 Å². The molecule has 2 aliphatic heterocycles. The quantitative estimate of drug-likeness (QED) is 0.277. The maximum absolute atomic E-state index is 17.1. The zero-order valence-corrected chi connectivity index (χ0v) is 25.0. The van der Waals surface area contributed by atoms with Crippen LogP contribution >= 0.6 is 11.3 Å². The molecule has 224 valence electrons. The van der Waals surface area contributed by atoms with Gasteiger partial charge in [0.2, 0.25) is 5.95 Å². The highest BCUT2D eigenvalue weighted by Gasteiger charge is 2.36. The molecule has 1 aromatic carbocycles. The second-order valence-corrected chi connectivity index (χ2v) is 12.2. The Labute approximate surface area is 255 Å². The van der Waals surface area contributed by atoms with Crippen LogP contribution in [0.25, 0.3) is 32.2 Å². The van der Waals surface area contributed by atoms with Crippen LogP contribution < -0.4 is 16.0 Å². The van der Waals surface area contributed by atoms with Crippen molar-refractivity contribution in [1.29, 1.82) is 5.26 Å². The van der Waals surface area contributed by atoms with Crippen LogP contribution in [0.3, 0.4) is 0 Å². The highest BCUT2D eigenvalue weighted by Crippen LogP contribution is 2.46. The van der Waals surface area contributed by atoms with Crippen molar-refractivity contribution in [3.63, 3.8) is 0 Å². The SMILES string of the molecule is C[C@H]1[C@@H](N(C)C)CCN1c1nc(NCc2cccnn2)c2c3c(c(-c4ncc(F)c5sc(N)c(C#N)c45)c(F)c2n1)COC3. The van der Waals surface area contributed by atoms with Gasteiger partial charge in [0.25, 0.3) is 0 Å². The number of nitrogen functional groups attached to an aromatic ring is 1. The molecule has 44 heavy (non-hydrogen) atoms. The van der Waals surface area contributed by atoms with E-state index < -0.39 is 11.6 Å². The highest BCUT2D eigenvalue weighted by molar-refractivity contribution is 7.23. The minimum absolute atomic E-state index is 0.0643. The number of nitrogens with zero attached hydrogens (tertiary/aromatic N) is 8. The number of fused-ring (bicyclic) bond motifs is 4. The lowest BCUT2D eigenvalue weighted by molar-refractivity contribution is 0.135. The lowest BCUT2D eigenvalue weighted by Gasteiger charge is -2.29.